The minimum absolute atomic E-state index is 0.325. The van der Waals surface area contributed by atoms with Gasteiger partial charge in [0.2, 0.25) is 0 Å². The summed E-state index contributed by atoms with van der Waals surface area (Å²) in [5.74, 6) is -0.325. The van der Waals surface area contributed by atoms with Gasteiger partial charge in [-0.15, -0.1) is 0 Å². The molecule has 2 heterocycles. The lowest BCUT2D eigenvalue weighted by atomic mass is 10.3. The molecule has 0 atom stereocenters. The first kappa shape index (κ1) is 16.8. The Morgan fingerprint density at radius 2 is 2.41 bits per heavy atom. The van der Waals surface area contributed by atoms with Crippen LogP contribution < -0.4 is 5.43 Å². The highest BCUT2D eigenvalue weighted by atomic mass is 79.9. The zero-order chi connectivity index (χ0) is 16.1. The molecule has 2 rings (SSSR count). The van der Waals surface area contributed by atoms with E-state index in [2.05, 4.69) is 43.5 Å². The van der Waals surface area contributed by atoms with Gasteiger partial charge in [0, 0.05) is 17.2 Å². The number of hydrogen-bond donors (Lipinski definition) is 2. The van der Waals surface area contributed by atoms with Gasteiger partial charge in [0.1, 0.15) is 10.8 Å². The van der Waals surface area contributed by atoms with Crippen LogP contribution in [0.2, 0.25) is 5.15 Å². The van der Waals surface area contributed by atoms with E-state index in [4.69, 9.17) is 11.6 Å². The van der Waals surface area contributed by atoms with Gasteiger partial charge in [-0.25, -0.2) is 5.43 Å². The minimum Gasteiger partial charge on any atom is -0.356 e. The number of H-pyrrole nitrogens is 1. The van der Waals surface area contributed by atoms with E-state index >= 15 is 0 Å². The monoisotopic (exact) mass is 385 g/mol. The van der Waals surface area contributed by atoms with Crippen molar-refractivity contribution in [2.24, 2.45) is 5.10 Å². The number of unbranched alkanes of at least 4 members (excludes halogenated alkanes) is 1. The van der Waals surface area contributed by atoms with E-state index in [1.54, 1.807) is 16.9 Å². The normalized spacial score (nSPS) is 11.3. The van der Waals surface area contributed by atoms with Gasteiger partial charge in [0.15, 0.2) is 0 Å². The Labute approximate surface area is 142 Å². The van der Waals surface area contributed by atoms with Crippen LogP contribution in [0.5, 0.6) is 0 Å². The summed E-state index contributed by atoms with van der Waals surface area (Å²) in [6.07, 6.45) is 5.27. The number of hydrazone groups is 1. The van der Waals surface area contributed by atoms with E-state index in [1.165, 1.54) is 6.21 Å². The van der Waals surface area contributed by atoms with Crippen molar-refractivity contribution in [3.8, 4) is 0 Å². The second-order valence-electron chi connectivity index (χ2n) is 4.80. The van der Waals surface area contributed by atoms with E-state index in [0.717, 1.165) is 29.6 Å². The van der Waals surface area contributed by atoms with Crippen molar-refractivity contribution in [2.45, 2.75) is 33.2 Å². The fourth-order valence-corrected chi connectivity index (χ4v) is 2.54. The Bertz CT molecular complexity index is 691. The van der Waals surface area contributed by atoms with Crippen molar-refractivity contribution < 1.29 is 4.79 Å². The summed E-state index contributed by atoms with van der Waals surface area (Å²) in [6.45, 7) is 4.74. The van der Waals surface area contributed by atoms with E-state index in [0.29, 0.717) is 16.4 Å². The quantitative estimate of drug-likeness (QED) is 0.589. The summed E-state index contributed by atoms with van der Waals surface area (Å²) < 4.78 is 2.56. The number of carbonyl (C=O) groups excluding carboxylic acids is 1. The molecular weight excluding hydrogens is 370 g/mol. The summed E-state index contributed by atoms with van der Waals surface area (Å²) >= 11 is 9.55. The highest BCUT2D eigenvalue weighted by Gasteiger charge is 2.11. The Morgan fingerprint density at radius 3 is 3.05 bits per heavy atom. The van der Waals surface area contributed by atoms with Crippen LogP contribution in [-0.2, 0) is 6.54 Å². The number of aromatic amines is 1. The molecule has 0 aromatic carbocycles. The lowest BCUT2D eigenvalue weighted by molar-refractivity contribution is 0.0951. The van der Waals surface area contributed by atoms with Gasteiger partial charge in [-0.1, -0.05) is 24.9 Å². The number of carbonyl (C=O) groups is 1. The molecule has 0 saturated carbocycles. The highest BCUT2D eigenvalue weighted by molar-refractivity contribution is 9.10. The Balaban J connectivity index is 2.04. The zero-order valence-corrected chi connectivity index (χ0v) is 14.7. The zero-order valence-electron chi connectivity index (χ0n) is 12.4. The molecule has 2 N–H and O–H groups in total. The highest BCUT2D eigenvalue weighted by Crippen LogP contribution is 2.18. The van der Waals surface area contributed by atoms with Crippen molar-refractivity contribution in [1.82, 2.24) is 20.2 Å². The predicted molar refractivity (Wildman–Crippen MR) is 90.4 cm³/mol. The SMILES string of the molecule is CCCCn1nc(C)c(/C=N\NC(=O)c2cc(Br)c[nH]2)c1Cl. The van der Waals surface area contributed by atoms with Gasteiger partial charge < -0.3 is 4.98 Å². The number of nitrogens with zero attached hydrogens (tertiary/aromatic N) is 3. The average molecular weight is 387 g/mol. The number of rotatable bonds is 6. The number of hydrogen-bond acceptors (Lipinski definition) is 3. The Kier molecular flexibility index (Phi) is 5.79. The largest absolute Gasteiger partial charge is 0.356 e. The van der Waals surface area contributed by atoms with Crippen molar-refractivity contribution >= 4 is 39.7 Å². The maximum absolute atomic E-state index is 11.8. The van der Waals surface area contributed by atoms with Crippen LogP contribution >= 0.6 is 27.5 Å². The number of aromatic nitrogens is 3. The van der Waals surface area contributed by atoms with Gasteiger partial charge >= 0.3 is 0 Å². The molecule has 1 amide bonds. The molecule has 118 valence electrons. The molecule has 0 aliphatic carbocycles. The van der Waals surface area contributed by atoms with Crippen LogP contribution in [0.1, 0.15) is 41.5 Å². The summed E-state index contributed by atoms with van der Waals surface area (Å²) in [6, 6.07) is 1.67. The van der Waals surface area contributed by atoms with Gasteiger partial charge in [0.25, 0.3) is 5.91 Å². The molecule has 0 aliphatic heterocycles. The van der Waals surface area contributed by atoms with Crippen LogP contribution in [0.4, 0.5) is 0 Å². The van der Waals surface area contributed by atoms with Crippen LogP contribution in [0.25, 0.3) is 0 Å². The molecule has 0 unspecified atom stereocenters. The van der Waals surface area contributed by atoms with Gasteiger partial charge in [-0.05, 0) is 35.3 Å². The third kappa shape index (κ3) is 3.98. The first-order chi connectivity index (χ1) is 10.5. The standard InChI is InChI=1S/C14H17BrClN5O/c1-3-4-5-21-13(16)11(9(2)20-21)8-18-19-14(22)12-6-10(15)7-17-12/h6-8,17H,3-5H2,1-2H3,(H,19,22)/b18-8-. The maximum atomic E-state index is 11.8. The number of nitrogens with one attached hydrogen (secondary N) is 2. The minimum atomic E-state index is -0.325. The second-order valence-corrected chi connectivity index (χ2v) is 6.07. The summed E-state index contributed by atoms with van der Waals surface area (Å²) in [7, 11) is 0. The molecule has 2 aromatic heterocycles. The molecule has 0 saturated heterocycles. The van der Waals surface area contributed by atoms with Gasteiger partial charge in [-0.3, -0.25) is 9.48 Å². The molecule has 8 heteroatoms. The molecule has 0 aliphatic rings. The summed E-state index contributed by atoms with van der Waals surface area (Å²) in [4.78, 5) is 14.7. The maximum Gasteiger partial charge on any atom is 0.287 e. The first-order valence-corrected chi connectivity index (χ1v) is 8.10. The smallest absolute Gasteiger partial charge is 0.287 e. The fraction of sp³-hybridized carbons (Fsp3) is 0.357. The lowest BCUT2D eigenvalue weighted by Crippen LogP contribution is -2.17. The third-order valence-corrected chi connectivity index (χ3v) is 3.94. The Hall–Kier alpha value is -1.60. The second kappa shape index (κ2) is 7.60. The molecule has 0 radical (unpaired) electrons. The molecule has 0 fully saturated rings. The van der Waals surface area contributed by atoms with Crippen molar-refractivity contribution in [3.63, 3.8) is 0 Å². The number of halogens is 2. The molecule has 0 bridgehead atoms. The van der Waals surface area contributed by atoms with E-state index in [9.17, 15) is 4.79 Å². The van der Waals surface area contributed by atoms with Crippen LogP contribution in [0.15, 0.2) is 21.8 Å². The molecule has 2 aromatic rings. The number of aryl methyl sites for hydroxylation is 2. The summed E-state index contributed by atoms with van der Waals surface area (Å²) in [5.41, 5.74) is 4.37. The fourth-order valence-electron chi connectivity index (χ4n) is 1.88. The molecule has 6 nitrogen and oxygen atoms in total. The predicted octanol–water partition coefficient (Wildman–Crippen LogP) is 3.50. The van der Waals surface area contributed by atoms with Crippen molar-refractivity contribution in [2.75, 3.05) is 0 Å². The van der Waals surface area contributed by atoms with Crippen molar-refractivity contribution in [3.05, 3.63) is 38.8 Å². The first-order valence-electron chi connectivity index (χ1n) is 6.93. The van der Waals surface area contributed by atoms with E-state index in [-0.39, 0.29) is 5.91 Å². The topological polar surface area (TPSA) is 75.1 Å². The average Bonchev–Trinajstić information content (AvgIpc) is 3.03. The molecule has 0 spiro atoms. The van der Waals surface area contributed by atoms with Crippen LogP contribution in [0, 0.1) is 6.92 Å². The van der Waals surface area contributed by atoms with Crippen LogP contribution in [0.3, 0.4) is 0 Å². The Morgan fingerprint density at radius 1 is 1.64 bits per heavy atom. The van der Waals surface area contributed by atoms with E-state index < -0.39 is 0 Å². The van der Waals surface area contributed by atoms with Crippen molar-refractivity contribution in [1.29, 1.82) is 0 Å². The van der Waals surface area contributed by atoms with E-state index in [1.807, 2.05) is 6.92 Å². The third-order valence-electron chi connectivity index (χ3n) is 3.08. The molecule has 22 heavy (non-hydrogen) atoms. The lowest BCUT2D eigenvalue weighted by Gasteiger charge is -2.00. The molecular formula is C14H17BrClN5O. The van der Waals surface area contributed by atoms with Gasteiger partial charge in [-0.2, -0.15) is 10.2 Å². The van der Waals surface area contributed by atoms with Gasteiger partial charge in [0.05, 0.1) is 17.5 Å². The number of amides is 1. The summed E-state index contributed by atoms with van der Waals surface area (Å²) in [5, 5.41) is 8.85. The van der Waals surface area contributed by atoms with Crippen LogP contribution in [-0.4, -0.2) is 26.9 Å².